The summed E-state index contributed by atoms with van der Waals surface area (Å²) in [5.74, 6) is -0.927. The van der Waals surface area contributed by atoms with Gasteiger partial charge in [-0.2, -0.15) is 0 Å². The number of hydrogen-bond acceptors (Lipinski definition) is 4. The third-order valence-electron chi connectivity index (χ3n) is 3.05. The Morgan fingerprint density at radius 1 is 1.31 bits per heavy atom. The van der Waals surface area contributed by atoms with Crippen molar-refractivity contribution in [2.75, 3.05) is 39.3 Å². The minimum Gasteiger partial charge on any atom is -0.480 e. The highest BCUT2D eigenvalue weighted by atomic mass is 16.4. The van der Waals surface area contributed by atoms with Gasteiger partial charge in [0.25, 0.3) is 0 Å². The van der Waals surface area contributed by atoms with Crippen LogP contribution in [-0.4, -0.2) is 65.7 Å². The number of nitrogens with zero attached hydrogens (tertiary/aromatic N) is 2. The zero-order chi connectivity index (χ0) is 12.2. The maximum Gasteiger partial charge on any atom is 0.324 e. The molecule has 16 heavy (non-hydrogen) atoms. The van der Waals surface area contributed by atoms with Crippen molar-refractivity contribution < 1.29 is 9.90 Å². The Morgan fingerprint density at radius 3 is 2.25 bits per heavy atom. The van der Waals surface area contributed by atoms with Crippen molar-refractivity contribution in [1.29, 1.82) is 0 Å². The van der Waals surface area contributed by atoms with Gasteiger partial charge in [-0.3, -0.25) is 9.69 Å². The highest BCUT2D eigenvalue weighted by molar-refractivity contribution is 5.78. The number of carboxylic acids is 1. The lowest BCUT2D eigenvalue weighted by molar-refractivity contribution is -0.143. The van der Waals surface area contributed by atoms with Crippen molar-refractivity contribution in [3.05, 3.63) is 0 Å². The number of piperazine rings is 1. The SMILES string of the molecule is CCCN1CCN(CC(C)(N)C(=O)O)CC1. The van der Waals surface area contributed by atoms with Crippen LogP contribution in [0.5, 0.6) is 0 Å². The molecule has 1 saturated heterocycles. The molecule has 1 atom stereocenters. The summed E-state index contributed by atoms with van der Waals surface area (Å²) < 4.78 is 0. The molecule has 0 bridgehead atoms. The van der Waals surface area contributed by atoms with Gasteiger partial charge in [0.2, 0.25) is 0 Å². The van der Waals surface area contributed by atoms with Gasteiger partial charge in [-0.25, -0.2) is 0 Å². The number of aliphatic carboxylic acids is 1. The second-order valence-corrected chi connectivity index (χ2v) is 4.84. The summed E-state index contributed by atoms with van der Waals surface area (Å²) in [6.45, 7) is 9.18. The molecule has 1 aliphatic heterocycles. The minimum absolute atomic E-state index is 0.433. The smallest absolute Gasteiger partial charge is 0.324 e. The quantitative estimate of drug-likeness (QED) is 0.684. The van der Waals surface area contributed by atoms with E-state index in [1.54, 1.807) is 6.92 Å². The standard InChI is InChI=1S/C11H23N3O2/c1-3-4-13-5-7-14(8-6-13)9-11(2,12)10(15)16/h3-9,12H2,1-2H3,(H,15,16). The second-order valence-electron chi connectivity index (χ2n) is 4.84. The van der Waals surface area contributed by atoms with Crippen LogP contribution in [0.15, 0.2) is 0 Å². The number of rotatable bonds is 5. The van der Waals surface area contributed by atoms with Gasteiger partial charge in [0.1, 0.15) is 5.54 Å². The third-order valence-corrected chi connectivity index (χ3v) is 3.05. The molecule has 0 aliphatic carbocycles. The Labute approximate surface area is 97.2 Å². The Hall–Kier alpha value is -0.650. The molecular weight excluding hydrogens is 206 g/mol. The summed E-state index contributed by atoms with van der Waals surface area (Å²) in [5.41, 5.74) is 4.60. The molecule has 1 unspecified atom stereocenters. The fourth-order valence-corrected chi connectivity index (χ4v) is 2.02. The average molecular weight is 229 g/mol. The highest BCUT2D eigenvalue weighted by Gasteiger charge is 2.31. The van der Waals surface area contributed by atoms with Gasteiger partial charge < -0.3 is 15.7 Å². The Bertz CT molecular complexity index is 235. The molecule has 0 aromatic rings. The molecule has 94 valence electrons. The van der Waals surface area contributed by atoms with E-state index in [1.807, 2.05) is 0 Å². The summed E-state index contributed by atoms with van der Waals surface area (Å²) in [7, 11) is 0. The van der Waals surface area contributed by atoms with Crippen LogP contribution in [-0.2, 0) is 4.79 Å². The van der Waals surface area contributed by atoms with Crippen molar-refractivity contribution in [1.82, 2.24) is 9.80 Å². The van der Waals surface area contributed by atoms with Gasteiger partial charge in [0, 0.05) is 32.7 Å². The summed E-state index contributed by atoms with van der Waals surface area (Å²) in [5, 5.41) is 8.95. The van der Waals surface area contributed by atoms with Crippen molar-refractivity contribution in [2.24, 2.45) is 5.73 Å². The lowest BCUT2D eigenvalue weighted by Crippen LogP contribution is -2.57. The monoisotopic (exact) mass is 229 g/mol. The van der Waals surface area contributed by atoms with Crippen LogP contribution in [0.3, 0.4) is 0 Å². The molecule has 0 saturated carbocycles. The van der Waals surface area contributed by atoms with Crippen molar-refractivity contribution in [3.8, 4) is 0 Å². The molecule has 5 nitrogen and oxygen atoms in total. The van der Waals surface area contributed by atoms with E-state index in [9.17, 15) is 4.79 Å². The average Bonchev–Trinajstić information content (AvgIpc) is 2.21. The zero-order valence-corrected chi connectivity index (χ0v) is 10.3. The first-order valence-corrected chi connectivity index (χ1v) is 5.92. The molecule has 1 fully saturated rings. The molecule has 0 aromatic carbocycles. The van der Waals surface area contributed by atoms with Gasteiger partial charge in [-0.1, -0.05) is 6.92 Å². The Balaban J connectivity index is 2.34. The van der Waals surface area contributed by atoms with Crippen molar-refractivity contribution in [2.45, 2.75) is 25.8 Å². The molecule has 1 aliphatic rings. The fourth-order valence-electron chi connectivity index (χ4n) is 2.02. The van der Waals surface area contributed by atoms with Crippen LogP contribution >= 0.6 is 0 Å². The molecule has 5 heteroatoms. The first-order valence-electron chi connectivity index (χ1n) is 5.92. The van der Waals surface area contributed by atoms with Crippen LogP contribution in [0, 0.1) is 0 Å². The Kier molecular flexibility index (Phi) is 4.70. The number of nitrogens with two attached hydrogens (primary N) is 1. The lowest BCUT2D eigenvalue weighted by atomic mass is 10.0. The van der Waals surface area contributed by atoms with Gasteiger partial charge in [0.15, 0.2) is 0 Å². The van der Waals surface area contributed by atoms with E-state index in [-0.39, 0.29) is 0 Å². The molecule has 3 N–H and O–H groups in total. The number of carboxylic acid groups (broad SMARTS) is 1. The van der Waals surface area contributed by atoms with Gasteiger partial charge in [-0.15, -0.1) is 0 Å². The summed E-state index contributed by atoms with van der Waals surface area (Å²) in [6.07, 6.45) is 1.17. The normalized spacial score (nSPS) is 22.9. The second kappa shape index (κ2) is 5.61. The van der Waals surface area contributed by atoms with E-state index < -0.39 is 11.5 Å². The third kappa shape index (κ3) is 3.73. The van der Waals surface area contributed by atoms with Crippen LogP contribution < -0.4 is 5.73 Å². The van der Waals surface area contributed by atoms with E-state index in [0.717, 1.165) is 32.7 Å². The van der Waals surface area contributed by atoms with Crippen molar-refractivity contribution >= 4 is 5.97 Å². The molecule has 0 radical (unpaired) electrons. The van der Waals surface area contributed by atoms with Crippen LogP contribution in [0.2, 0.25) is 0 Å². The van der Waals surface area contributed by atoms with Crippen LogP contribution in [0.1, 0.15) is 20.3 Å². The summed E-state index contributed by atoms with van der Waals surface area (Å²) >= 11 is 0. The molecule has 0 aromatic heterocycles. The Morgan fingerprint density at radius 2 is 1.81 bits per heavy atom. The van der Waals surface area contributed by atoms with E-state index in [4.69, 9.17) is 10.8 Å². The largest absolute Gasteiger partial charge is 0.480 e. The van der Waals surface area contributed by atoms with Crippen LogP contribution in [0.4, 0.5) is 0 Å². The number of carbonyl (C=O) groups is 1. The lowest BCUT2D eigenvalue weighted by Gasteiger charge is -2.37. The first-order chi connectivity index (χ1) is 7.45. The zero-order valence-electron chi connectivity index (χ0n) is 10.3. The maximum atomic E-state index is 10.9. The van der Waals surface area contributed by atoms with Gasteiger partial charge >= 0.3 is 5.97 Å². The number of hydrogen-bond donors (Lipinski definition) is 2. The fraction of sp³-hybridized carbons (Fsp3) is 0.909. The van der Waals surface area contributed by atoms with Gasteiger partial charge in [0.05, 0.1) is 0 Å². The predicted octanol–water partition coefficient (Wildman–Crippen LogP) is -0.184. The van der Waals surface area contributed by atoms with Crippen molar-refractivity contribution in [3.63, 3.8) is 0 Å². The maximum absolute atomic E-state index is 10.9. The first kappa shape index (κ1) is 13.4. The molecule has 1 rings (SSSR count). The van der Waals surface area contributed by atoms with E-state index >= 15 is 0 Å². The summed E-state index contributed by atoms with van der Waals surface area (Å²) in [4.78, 5) is 15.4. The molecular formula is C11H23N3O2. The molecule has 1 heterocycles. The van der Waals surface area contributed by atoms with E-state index in [1.165, 1.54) is 6.42 Å². The summed E-state index contributed by atoms with van der Waals surface area (Å²) in [6, 6.07) is 0. The topological polar surface area (TPSA) is 69.8 Å². The molecule has 0 spiro atoms. The predicted molar refractivity (Wildman–Crippen MR) is 63.4 cm³/mol. The van der Waals surface area contributed by atoms with E-state index in [0.29, 0.717) is 6.54 Å². The van der Waals surface area contributed by atoms with E-state index in [2.05, 4.69) is 16.7 Å². The highest BCUT2D eigenvalue weighted by Crippen LogP contribution is 2.08. The van der Waals surface area contributed by atoms with Gasteiger partial charge in [-0.05, 0) is 19.9 Å². The molecule has 0 amide bonds. The minimum atomic E-state index is -1.13. The van der Waals surface area contributed by atoms with Crippen LogP contribution in [0.25, 0.3) is 0 Å².